The van der Waals surface area contributed by atoms with Gasteiger partial charge in [-0.2, -0.15) is 0 Å². The molecule has 0 fully saturated rings. The van der Waals surface area contributed by atoms with Crippen LogP contribution in [0.4, 0.5) is 0 Å². The number of hydrogen-bond acceptors (Lipinski definition) is 3. The number of rotatable bonds is 7. The molecule has 0 aliphatic carbocycles. The van der Waals surface area contributed by atoms with Crippen LogP contribution in [0.25, 0.3) is 55.6 Å². The second-order valence-corrected chi connectivity index (χ2v) is 19.7. The topological polar surface area (TPSA) is 38.9 Å². The van der Waals surface area contributed by atoms with Crippen molar-refractivity contribution >= 4 is 35.2 Å². The average Bonchev–Trinajstić information content (AvgIpc) is 3.50. The van der Waals surface area contributed by atoms with E-state index in [1.54, 1.807) is 0 Å². The Bertz CT molecular complexity index is 2180. The molecule has 4 aromatic carbocycles. The van der Waals surface area contributed by atoms with Gasteiger partial charge in [-0.25, -0.2) is 0 Å². The third-order valence-corrected chi connectivity index (χ3v) is 11.5. The van der Waals surface area contributed by atoms with Gasteiger partial charge < -0.3 is 14.4 Å². The van der Waals surface area contributed by atoms with E-state index in [4.69, 9.17) is 4.42 Å². The fourth-order valence-corrected chi connectivity index (χ4v) is 7.95. The van der Waals surface area contributed by atoms with E-state index >= 15 is 0 Å². The van der Waals surface area contributed by atoms with Gasteiger partial charge in [0.2, 0.25) is 0 Å². The molecule has 50 heavy (non-hydrogen) atoms. The van der Waals surface area contributed by atoms with Gasteiger partial charge in [0.05, 0.1) is 13.7 Å². The van der Waals surface area contributed by atoms with Crippen LogP contribution < -0.4 is 5.19 Å². The molecule has 0 N–H and O–H groups in total. The minimum Gasteiger partial charge on any atom is -0.501 e. The largest absolute Gasteiger partial charge is 0.501 e. The Kier molecular flexibility index (Phi) is 11.7. The first-order valence-electron chi connectivity index (χ1n) is 17.4. The standard InChI is InChI=1S/C28H24NO.C17H22NSi.Ir/c1-18(2)19(3)21-14-15-29-26(16-21)25-11-7-10-24-23-13-12-22(17-27(23)30-28(24)25)20-8-5-4-6-9-20;1-13(2)15-11-16(14-9-7-6-8-10-14)18-12-17(15)19(3,4)5;/h4-10,12-19H,1-3H3;6-9,11-13H,1-5H3;/q2*-1;. The molecule has 7 aromatic rings. The number of benzene rings is 4. The molecule has 1 atom stereocenters. The van der Waals surface area contributed by atoms with E-state index in [1.165, 1.54) is 21.9 Å². The third-order valence-electron chi connectivity index (χ3n) is 9.46. The van der Waals surface area contributed by atoms with Gasteiger partial charge in [0.25, 0.3) is 0 Å². The van der Waals surface area contributed by atoms with E-state index in [1.807, 2.05) is 36.5 Å². The zero-order chi connectivity index (χ0) is 34.7. The molecule has 257 valence electrons. The van der Waals surface area contributed by atoms with E-state index in [0.29, 0.717) is 17.8 Å². The van der Waals surface area contributed by atoms with Crippen LogP contribution in [0.3, 0.4) is 0 Å². The Hall–Kier alpha value is -4.15. The predicted molar refractivity (Wildman–Crippen MR) is 210 cm³/mol. The number of pyridine rings is 2. The maximum absolute atomic E-state index is 6.38. The molecule has 0 aliphatic heterocycles. The van der Waals surface area contributed by atoms with Gasteiger partial charge in [-0.3, -0.25) is 0 Å². The molecule has 0 amide bonds. The van der Waals surface area contributed by atoms with Crippen molar-refractivity contribution < 1.29 is 24.5 Å². The Labute approximate surface area is 312 Å². The molecule has 7 rings (SSSR count). The van der Waals surface area contributed by atoms with Crippen LogP contribution in [0.5, 0.6) is 0 Å². The van der Waals surface area contributed by atoms with E-state index in [9.17, 15) is 0 Å². The van der Waals surface area contributed by atoms with Gasteiger partial charge in [0, 0.05) is 37.9 Å². The molecule has 0 saturated heterocycles. The molecule has 5 heteroatoms. The summed E-state index contributed by atoms with van der Waals surface area (Å²) in [5, 5.41) is 3.69. The van der Waals surface area contributed by atoms with Crippen LogP contribution in [-0.4, -0.2) is 18.0 Å². The number of aromatic nitrogens is 2. The van der Waals surface area contributed by atoms with E-state index < -0.39 is 8.07 Å². The number of hydrogen-bond donors (Lipinski definition) is 0. The van der Waals surface area contributed by atoms with Crippen molar-refractivity contribution in [2.75, 3.05) is 0 Å². The van der Waals surface area contributed by atoms with Gasteiger partial charge in [0.15, 0.2) is 0 Å². The minimum absolute atomic E-state index is 0. The average molecular weight is 851 g/mol. The Morgan fingerprint density at radius 2 is 1.44 bits per heavy atom. The Balaban J connectivity index is 0.000000211. The van der Waals surface area contributed by atoms with Gasteiger partial charge in [0.1, 0.15) is 5.58 Å². The molecule has 1 radical (unpaired) electrons. The number of fused-ring (bicyclic) bond motifs is 3. The number of furan rings is 1. The van der Waals surface area contributed by atoms with Gasteiger partial charge >= 0.3 is 0 Å². The SMILES string of the molecule is CC(C)C(C)c1ccnc(-c2[c-]ccc3c2oc2cc(-c4ccccc4)ccc23)c1.CC(C)c1cc(-c2[c-]cccc2)ncc1[Si](C)(C)C.[Ir]. The van der Waals surface area contributed by atoms with Crippen molar-refractivity contribution in [2.24, 2.45) is 5.92 Å². The second kappa shape index (κ2) is 15.8. The first-order chi connectivity index (χ1) is 23.5. The normalized spacial score (nSPS) is 12.1. The smallest absolute Gasteiger partial charge is 0.121 e. The molecule has 3 nitrogen and oxygen atoms in total. The van der Waals surface area contributed by atoms with Gasteiger partial charge in [-0.1, -0.05) is 131 Å². The van der Waals surface area contributed by atoms with Crippen LogP contribution in [0.15, 0.2) is 120 Å². The fraction of sp³-hybridized carbons (Fsp3) is 0.244. The van der Waals surface area contributed by atoms with Crippen LogP contribution >= 0.6 is 0 Å². The van der Waals surface area contributed by atoms with Crippen molar-refractivity contribution in [1.29, 1.82) is 0 Å². The first kappa shape index (κ1) is 37.1. The zero-order valence-electron chi connectivity index (χ0n) is 30.3. The summed E-state index contributed by atoms with van der Waals surface area (Å²) in [6, 6.07) is 42.1. The molecule has 3 heterocycles. The summed E-state index contributed by atoms with van der Waals surface area (Å²) in [6.07, 6.45) is 3.99. The summed E-state index contributed by atoms with van der Waals surface area (Å²) in [7, 11) is -1.34. The van der Waals surface area contributed by atoms with Crippen LogP contribution in [0.2, 0.25) is 19.6 Å². The second-order valence-electron chi connectivity index (χ2n) is 14.6. The molecular weight excluding hydrogens is 805 g/mol. The van der Waals surface area contributed by atoms with Gasteiger partial charge in [-0.05, 0) is 57.6 Å². The summed E-state index contributed by atoms with van der Waals surface area (Å²) in [4.78, 5) is 9.31. The first-order valence-corrected chi connectivity index (χ1v) is 20.9. The molecule has 0 aliphatic rings. The third kappa shape index (κ3) is 8.07. The van der Waals surface area contributed by atoms with Crippen molar-refractivity contribution in [3.63, 3.8) is 0 Å². The molecule has 0 saturated carbocycles. The quantitative estimate of drug-likeness (QED) is 0.118. The summed E-state index contributed by atoms with van der Waals surface area (Å²) in [5.41, 5.74) is 10.7. The monoisotopic (exact) mass is 851 g/mol. The summed E-state index contributed by atoms with van der Waals surface area (Å²) >= 11 is 0. The molecule has 0 spiro atoms. The Morgan fingerprint density at radius 1 is 0.680 bits per heavy atom. The van der Waals surface area contributed by atoms with Crippen LogP contribution in [0, 0.1) is 18.1 Å². The van der Waals surface area contributed by atoms with E-state index in [0.717, 1.165) is 50.0 Å². The fourth-order valence-electron chi connectivity index (χ4n) is 6.27. The van der Waals surface area contributed by atoms with E-state index in [2.05, 4.69) is 155 Å². The van der Waals surface area contributed by atoms with Crippen molar-refractivity contribution in [3.8, 4) is 33.6 Å². The van der Waals surface area contributed by atoms with Gasteiger partial charge in [-0.15, -0.1) is 54.1 Å². The summed E-state index contributed by atoms with van der Waals surface area (Å²) in [5.74, 6) is 1.57. The van der Waals surface area contributed by atoms with Crippen LogP contribution in [-0.2, 0) is 20.1 Å². The molecular formula is C45H46IrN2OSi-2. The summed E-state index contributed by atoms with van der Waals surface area (Å²) in [6.45, 7) is 18.4. The van der Waals surface area contributed by atoms with E-state index in [-0.39, 0.29) is 20.1 Å². The molecule has 1 unspecified atom stereocenters. The van der Waals surface area contributed by atoms with Crippen LogP contribution in [0.1, 0.15) is 57.6 Å². The predicted octanol–water partition coefficient (Wildman–Crippen LogP) is 12.1. The maximum Gasteiger partial charge on any atom is 0.121 e. The number of nitrogens with zero attached hydrogens (tertiary/aromatic N) is 2. The minimum atomic E-state index is -1.34. The molecule has 3 aromatic heterocycles. The zero-order valence-corrected chi connectivity index (χ0v) is 33.7. The van der Waals surface area contributed by atoms with Crippen molar-refractivity contribution in [3.05, 3.63) is 139 Å². The molecule has 0 bridgehead atoms. The maximum atomic E-state index is 6.38. The van der Waals surface area contributed by atoms with Crippen molar-refractivity contribution in [1.82, 2.24) is 9.97 Å². The summed E-state index contributed by atoms with van der Waals surface area (Å²) < 4.78 is 6.38. The Morgan fingerprint density at radius 3 is 2.12 bits per heavy atom. The van der Waals surface area contributed by atoms with Crippen molar-refractivity contribution in [2.45, 2.75) is 66.1 Å².